The minimum Gasteiger partial charge on any atom is -0.406 e. The Bertz CT molecular complexity index is 2120. The monoisotopic (exact) mass is 816 g/mol. The molecule has 51 heavy (non-hydrogen) atoms. The van der Waals surface area contributed by atoms with Gasteiger partial charge >= 0.3 is 12.7 Å². The largest absolute Gasteiger partial charge is 0.573 e. The molecule has 4 aromatic heterocycles. The number of benzene rings is 2. The predicted octanol–water partition coefficient (Wildman–Crippen LogP) is 7.41. The summed E-state index contributed by atoms with van der Waals surface area (Å²) in [6.07, 6.45) is 4.93. The van der Waals surface area contributed by atoms with E-state index in [1.54, 1.807) is 46.4 Å². The van der Waals surface area contributed by atoms with Crippen LogP contribution in [0.15, 0.2) is 97.8 Å². The number of rotatable bonds is 4. The molecule has 0 amide bonds. The van der Waals surface area contributed by atoms with Crippen molar-refractivity contribution in [3.63, 3.8) is 0 Å². The van der Waals surface area contributed by atoms with E-state index in [2.05, 4.69) is 80.0 Å². The Balaban J connectivity index is 0.000000194. The highest BCUT2D eigenvalue weighted by Gasteiger charge is 2.31. The second-order valence-electron chi connectivity index (χ2n) is 9.76. The molecule has 6 rings (SSSR count). The van der Waals surface area contributed by atoms with Crippen molar-refractivity contribution < 1.29 is 35.8 Å². The molecular formula is C34H23F6IN8O2. The van der Waals surface area contributed by atoms with Crippen molar-refractivity contribution in [2.75, 3.05) is 0 Å². The Morgan fingerprint density at radius 3 is 1.47 bits per heavy atom. The number of terminal acetylenes is 1. The fourth-order valence-corrected chi connectivity index (χ4v) is 4.60. The van der Waals surface area contributed by atoms with Gasteiger partial charge in [0.25, 0.3) is 0 Å². The van der Waals surface area contributed by atoms with Crippen molar-refractivity contribution in [1.82, 2.24) is 39.5 Å². The van der Waals surface area contributed by atoms with Crippen LogP contribution < -0.4 is 9.47 Å². The van der Waals surface area contributed by atoms with Crippen LogP contribution in [-0.2, 0) is 0 Å². The van der Waals surface area contributed by atoms with Gasteiger partial charge in [0.2, 0.25) is 0 Å². The summed E-state index contributed by atoms with van der Waals surface area (Å²) in [7, 11) is 0. The molecular weight excluding hydrogens is 793 g/mol. The molecule has 0 radical (unpaired) electrons. The molecule has 10 nitrogen and oxygen atoms in total. The number of hydrogen-bond donors (Lipinski definition) is 0. The van der Waals surface area contributed by atoms with Crippen LogP contribution in [0.1, 0.15) is 28.5 Å². The lowest BCUT2D eigenvalue weighted by molar-refractivity contribution is -0.275. The summed E-state index contributed by atoms with van der Waals surface area (Å²) in [5.74, 6) is 7.54. The molecule has 17 heteroatoms. The summed E-state index contributed by atoms with van der Waals surface area (Å²) < 4.78 is 84.3. The highest BCUT2D eigenvalue weighted by Crippen LogP contribution is 2.25. The molecule has 0 aliphatic carbocycles. The van der Waals surface area contributed by atoms with Crippen LogP contribution in [0.5, 0.6) is 11.5 Å². The number of nitrogens with zero attached hydrogens (tertiary/aromatic N) is 8. The third-order valence-corrected chi connectivity index (χ3v) is 6.49. The number of aryl methyl sites for hydroxylation is 2. The quantitative estimate of drug-likeness (QED) is 0.103. The zero-order valence-electron chi connectivity index (χ0n) is 26.4. The van der Waals surface area contributed by atoms with E-state index < -0.39 is 12.7 Å². The molecule has 0 N–H and O–H groups in total. The van der Waals surface area contributed by atoms with E-state index in [0.717, 1.165) is 15.1 Å². The van der Waals surface area contributed by atoms with Crippen LogP contribution in [-0.4, -0.2) is 52.2 Å². The molecule has 0 saturated heterocycles. The van der Waals surface area contributed by atoms with Gasteiger partial charge in [-0.05, 0) is 115 Å². The van der Waals surface area contributed by atoms with Gasteiger partial charge in [-0.25, -0.2) is 19.3 Å². The maximum Gasteiger partial charge on any atom is 0.573 e. The van der Waals surface area contributed by atoms with Crippen LogP contribution in [0.25, 0.3) is 11.4 Å². The third kappa shape index (κ3) is 12.5. The first-order valence-electron chi connectivity index (χ1n) is 14.2. The van der Waals surface area contributed by atoms with E-state index in [1.807, 2.05) is 19.9 Å². The maximum absolute atomic E-state index is 12.2. The van der Waals surface area contributed by atoms with E-state index in [0.29, 0.717) is 28.5 Å². The SMILES string of the molecule is C#Cc1cnccn1.Cc1cc(C#Cc2cnccn2)nn1-c1ccc(OC(F)(F)F)cc1.Cc1cc(I)nn1-c1ccc(OC(F)(F)F)cc1. The second-order valence-corrected chi connectivity index (χ2v) is 10.9. The smallest absolute Gasteiger partial charge is 0.406 e. The molecule has 6 aromatic rings. The maximum atomic E-state index is 12.2. The van der Waals surface area contributed by atoms with Crippen molar-refractivity contribution in [3.8, 4) is 47.1 Å². The lowest BCUT2D eigenvalue weighted by Gasteiger charge is -2.09. The Morgan fingerprint density at radius 2 is 1.08 bits per heavy atom. The van der Waals surface area contributed by atoms with Crippen LogP contribution >= 0.6 is 22.6 Å². The Hall–Kier alpha value is -5.95. The van der Waals surface area contributed by atoms with Crippen LogP contribution in [0.4, 0.5) is 26.3 Å². The Labute approximate surface area is 300 Å². The predicted molar refractivity (Wildman–Crippen MR) is 181 cm³/mol. The van der Waals surface area contributed by atoms with E-state index >= 15 is 0 Å². The number of halogens is 7. The molecule has 0 atom stereocenters. The number of ether oxygens (including phenoxy) is 2. The van der Waals surface area contributed by atoms with Gasteiger partial charge < -0.3 is 9.47 Å². The van der Waals surface area contributed by atoms with Gasteiger partial charge in [-0.15, -0.1) is 32.8 Å². The van der Waals surface area contributed by atoms with Gasteiger partial charge in [0.1, 0.15) is 32.3 Å². The first-order valence-corrected chi connectivity index (χ1v) is 15.3. The average molecular weight is 817 g/mol. The lowest BCUT2D eigenvalue weighted by Crippen LogP contribution is -2.17. The van der Waals surface area contributed by atoms with Gasteiger partial charge in [-0.2, -0.15) is 10.2 Å². The highest BCUT2D eigenvalue weighted by atomic mass is 127. The zero-order valence-corrected chi connectivity index (χ0v) is 28.5. The van der Waals surface area contributed by atoms with E-state index in [9.17, 15) is 26.3 Å². The minimum atomic E-state index is -4.72. The number of aromatic nitrogens is 8. The second kappa shape index (κ2) is 17.1. The zero-order chi connectivity index (χ0) is 37.0. The van der Waals surface area contributed by atoms with Crippen molar-refractivity contribution in [2.24, 2.45) is 0 Å². The topological polar surface area (TPSA) is 106 Å². The summed E-state index contributed by atoms with van der Waals surface area (Å²) in [6.45, 7) is 3.69. The molecule has 0 aliphatic heterocycles. The Kier molecular flexibility index (Phi) is 12.7. The highest BCUT2D eigenvalue weighted by molar-refractivity contribution is 14.1. The summed E-state index contributed by atoms with van der Waals surface area (Å²) in [4.78, 5) is 15.5. The third-order valence-electron chi connectivity index (χ3n) is 5.97. The molecule has 0 spiro atoms. The summed E-state index contributed by atoms with van der Waals surface area (Å²) >= 11 is 2.07. The van der Waals surface area contributed by atoms with Gasteiger partial charge in [0, 0.05) is 36.2 Å². The first-order chi connectivity index (χ1) is 24.2. The van der Waals surface area contributed by atoms with Crippen LogP contribution in [0.2, 0.25) is 0 Å². The fourth-order valence-electron chi connectivity index (χ4n) is 3.94. The standard InChI is InChI=1S/C17H11F3N4O.C11H8F3IN2O.C6H4N2/c1-12-10-13(2-3-14-11-21-8-9-22-14)23-24(12)15-4-6-16(7-5-15)25-17(18,19)20;1-7-6-10(15)16-17(7)8-2-4-9(5-3-8)18-11(12,13)14;1-2-6-5-7-3-4-8-6/h4-11H,1H3;2-6H,1H3;1,3-5H. The lowest BCUT2D eigenvalue weighted by atomic mass is 10.3. The average Bonchev–Trinajstić information content (AvgIpc) is 3.64. The van der Waals surface area contributed by atoms with Crippen LogP contribution in [0, 0.1) is 41.7 Å². The van der Waals surface area contributed by atoms with Gasteiger partial charge in [0.05, 0.1) is 23.8 Å². The van der Waals surface area contributed by atoms with Gasteiger partial charge in [-0.3, -0.25) is 9.97 Å². The van der Waals surface area contributed by atoms with Crippen molar-refractivity contribution in [2.45, 2.75) is 26.6 Å². The Morgan fingerprint density at radius 1 is 0.627 bits per heavy atom. The van der Waals surface area contributed by atoms with Gasteiger partial charge in [0.15, 0.2) is 0 Å². The van der Waals surface area contributed by atoms with Crippen LogP contribution in [0.3, 0.4) is 0 Å². The van der Waals surface area contributed by atoms with E-state index in [-0.39, 0.29) is 11.5 Å². The molecule has 260 valence electrons. The van der Waals surface area contributed by atoms with Crippen molar-refractivity contribution >= 4 is 22.6 Å². The molecule has 0 aliphatic rings. The minimum absolute atomic E-state index is 0.245. The van der Waals surface area contributed by atoms with Crippen molar-refractivity contribution in [1.29, 1.82) is 0 Å². The molecule has 0 bridgehead atoms. The summed E-state index contributed by atoms with van der Waals surface area (Å²) in [5.41, 5.74) is 4.58. The molecule has 0 unspecified atom stereocenters. The van der Waals surface area contributed by atoms with Crippen molar-refractivity contribution in [3.05, 3.63) is 130 Å². The number of hydrogen-bond acceptors (Lipinski definition) is 8. The molecule has 0 saturated carbocycles. The molecule has 4 heterocycles. The number of alkyl halides is 6. The van der Waals surface area contributed by atoms with E-state index in [1.165, 1.54) is 54.7 Å². The fraction of sp³-hybridized carbons (Fsp3) is 0.118. The molecule has 0 fully saturated rings. The summed E-state index contributed by atoms with van der Waals surface area (Å²) in [5, 5.41) is 8.56. The summed E-state index contributed by atoms with van der Waals surface area (Å²) in [6, 6.07) is 14.7. The van der Waals surface area contributed by atoms with E-state index in [4.69, 9.17) is 6.42 Å². The molecule has 2 aromatic carbocycles. The first kappa shape index (κ1) is 37.9. The van der Waals surface area contributed by atoms with Gasteiger partial charge in [-0.1, -0.05) is 0 Å². The normalized spacial score (nSPS) is 10.7.